The third-order valence-corrected chi connectivity index (χ3v) is 5.97. The lowest BCUT2D eigenvalue weighted by Crippen LogP contribution is -2.49. The molecule has 0 aromatic heterocycles. The number of aliphatic hydroxyl groups is 1. The van der Waals surface area contributed by atoms with E-state index in [1.54, 1.807) is 0 Å². The third-order valence-electron chi connectivity index (χ3n) is 5.97. The molecular formula is C17H30O. The van der Waals surface area contributed by atoms with Crippen molar-refractivity contribution in [1.29, 1.82) is 0 Å². The Bertz CT molecular complexity index is 318. The molecule has 0 aliphatic heterocycles. The van der Waals surface area contributed by atoms with Gasteiger partial charge in [0, 0.05) is 6.61 Å². The van der Waals surface area contributed by atoms with Gasteiger partial charge in [-0.3, -0.25) is 0 Å². The average molecular weight is 250 g/mol. The van der Waals surface area contributed by atoms with Gasteiger partial charge >= 0.3 is 0 Å². The first-order chi connectivity index (χ1) is 8.42. The van der Waals surface area contributed by atoms with Gasteiger partial charge < -0.3 is 5.11 Å². The number of aliphatic hydroxyl groups excluding tert-OH is 1. The molecule has 18 heavy (non-hydrogen) atoms. The number of hydrogen-bond donors (Lipinski definition) is 1. The molecule has 0 aromatic carbocycles. The Kier molecular flexibility index (Phi) is 3.92. The first kappa shape index (κ1) is 14.1. The zero-order chi connectivity index (χ0) is 13.4. The zero-order valence-electron chi connectivity index (χ0n) is 12.5. The molecule has 2 fully saturated rings. The van der Waals surface area contributed by atoms with Crippen LogP contribution < -0.4 is 0 Å². The van der Waals surface area contributed by atoms with Gasteiger partial charge in [0.1, 0.15) is 0 Å². The predicted octanol–water partition coefficient (Wildman–Crippen LogP) is 4.56. The van der Waals surface area contributed by atoms with Crippen LogP contribution in [0.25, 0.3) is 0 Å². The fraction of sp³-hybridized carbons (Fsp3) is 0.882. The topological polar surface area (TPSA) is 20.2 Å². The number of allylic oxidation sites excluding steroid dienone is 1. The highest BCUT2D eigenvalue weighted by atomic mass is 16.2. The number of hydrogen-bond acceptors (Lipinski definition) is 1. The van der Waals surface area contributed by atoms with Gasteiger partial charge in [-0.15, -0.1) is 0 Å². The molecule has 2 aliphatic carbocycles. The number of rotatable bonds is 3. The van der Waals surface area contributed by atoms with Crippen molar-refractivity contribution in [2.75, 3.05) is 6.61 Å². The van der Waals surface area contributed by atoms with E-state index in [0.717, 1.165) is 18.8 Å². The van der Waals surface area contributed by atoms with Gasteiger partial charge in [0.25, 0.3) is 0 Å². The molecule has 0 spiro atoms. The summed E-state index contributed by atoms with van der Waals surface area (Å²) in [4.78, 5) is 0. The summed E-state index contributed by atoms with van der Waals surface area (Å²) in [6.07, 6.45) is 8.72. The highest BCUT2D eigenvalue weighted by Gasteiger charge is 2.52. The van der Waals surface area contributed by atoms with E-state index >= 15 is 0 Å². The molecule has 2 saturated carbocycles. The van der Waals surface area contributed by atoms with Crippen molar-refractivity contribution in [2.45, 2.75) is 65.7 Å². The maximum Gasteiger partial charge on any atom is 0.0431 e. The van der Waals surface area contributed by atoms with E-state index in [1.165, 1.54) is 37.7 Å². The second-order valence-electron chi connectivity index (χ2n) is 7.52. The van der Waals surface area contributed by atoms with Crippen molar-refractivity contribution in [1.82, 2.24) is 0 Å². The van der Waals surface area contributed by atoms with Gasteiger partial charge in [0.05, 0.1) is 0 Å². The zero-order valence-corrected chi connectivity index (χ0v) is 12.5. The van der Waals surface area contributed by atoms with Gasteiger partial charge in [0.2, 0.25) is 0 Å². The lowest BCUT2D eigenvalue weighted by Gasteiger charge is -2.58. The summed E-state index contributed by atoms with van der Waals surface area (Å²) in [6, 6.07) is 0. The van der Waals surface area contributed by atoms with Gasteiger partial charge in [0.15, 0.2) is 0 Å². The van der Waals surface area contributed by atoms with E-state index in [0.29, 0.717) is 23.4 Å². The summed E-state index contributed by atoms with van der Waals surface area (Å²) < 4.78 is 0. The smallest absolute Gasteiger partial charge is 0.0431 e. The number of fused-ring (bicyclic) bond motifs is 1. The SMILES string of the molecule is C=C1CC[C@H]2C(C)(C)CCC[C@]2(C)[C@H]1CCCO. The van der Waals surface area contributed by atoms with E-state index < -0.39 is 0 Å². The molecule has 1 nitrogen and oxygen atoms in total. The first-order valence-corrected chi connectivity index (χ1v) is 7.70. The van der Waals surface area contributed by atoms with Crippen LogP contribution in [0.2, 0.25) is 0 Å². The summed E-state index contributed by atoms with van der Waals surface area (Å²) in [5.74, 6) is 1.48. The molecule has 0 unspecified atom stereocenters. The molecule has 2 rings (SSSR count). The third kappa shape index (κ3) is 2.27. The van der Waals surface area contributed by atoms with Crippen LogP contribution >= 0.6 is 0 Å². The molecule has 0 saturated heterocycles. The standard InChI is InChI=1S/C17H30O/c1-13-8-9-15-16(2,3)10-6-11-17(15,4)14(13)7-5-12-18/h14-15,18H,1,5-12H2,2-4H3/t14-,15-,17+/m0/s1. The Hall–Kier alpha value is -0.300. The normalized spacial score (nSPS) is 39.4. The monoisotopic (exact) mass is 250 g/mol. The summed E-state index contributed by atoms with van der Waals surface area (Å²) >= 11 is 0. The van der Waals surface area contributed by atoms with Gasteiger partial charge in [-0.1, -0.05) is 39.3 Å². The van der Waals surface area contributed by atoms with Gasteiger partial charge in [-0.05, 0) is 61.2 Å². The van der Waals surface area contributed by atoms with Crippen molar-refractivity contribution < 1.29 is 5.11 Å². The minimum Gasteiger partial charge on any atom is -0.396 e. The molecule has 0 radical (unpaired) electrons. The first-order valence-electron chi connectivity index (χ1n) is 7.70. The Morgan fingerprint density at radius 3 is 2.67 bits per heavy atom. The van der Waals surface area contributed by atoms with Crippen molar-refractivity contribution in [2.24, 2.45) is 22.7 Å². The second-order valence-corrected chi connectivity index (χ2v) is 7.52. The van der Waals surface area contributed by atoms with Crippen LogP contribution in [-0.4, -0.2) is 11.7 Å². The molecule has 0 bridgehead atoms. The maximum absolute atomic E-state index is 9.14. The Balaban J connectivity index is 2.25. The minimum absolute atomic E-state index is 0.327. The average Bonchev–Trinajstić information content (AvgIpc) is 2.27. The summed E-state index contributed by atoms with van der Waals surface area (Å²) in [7, 11) is 0. The van der Waals surface area contributed by atoms with Crippen LogP contribution in [0.5, 0.6) is 0 Å². The van der Waals surface area contributed by atoms with Crippen LogP contribution in [0.4, 0.5) is 0 Å². The van der Waals surface area contributed by atoms with Gasteiger partial charge in [-0.25, -0.2) is 0 Å². The van der Waals surface area contributed by atoms with E-state index in [4.69, 9.17) is 5.11 Å². The summed E-state index contributed by atoms with van der Waals surface area (Å²) in [5, 5.41) is 9.14. The fourth-order valence-corrected chi connectivity index (χ4v) is 5.10. The summed E-state index contributed by atoms with van der Waals surface area (Å²) in [6.45, 7) is 12.1. The van der Waals surface area contributed by atoms with Crippen molar-refractivity contribution in [3.05, 3.63) is 12.2 Å². The predicted molar refractivity (Wildman–Crippen MR) is 77.4 cm³/mol. The fourth-order valence-electron chi connectivity index (χ4n) is 5.10. The lowest BCUT2D eigenvalue weighted by atomic mass is 9.47. The molecule has 0 amide bonds. The molecule has 2 aliphatic rings. The summed E-state index contributed by atoms with van der Waals surface area (Å²) in [5.41, 5.74) is 2.39. The Morgan fingerprint density at radius 2 is 2.00 bits per heavy atom. The van der Waals surface area contributed by atoms with Crippen LogP contribution in [0.1, 0.15) is 65.7 Å². The largest absolute Gasteiger partial charge is 0.396 e. The Morgan fingerprint density at radius 1 is 1.28 bits per heavy atom. The van der Waals surface area contributed by atoms with E-state index in [9.17, 15) is 0 Å². The molecular weight excluding hydrogens is 220 g/mol. The van der Waals surface area contributed by atoms with E-state index in [-0.39, 0.29) is 0 Å². The molecule has 104 valence electrons. The molecule has 0 aromatic rings. The minimum atomic E-state index is 0.327. The van der Waals surface area contributed by atoms with Crippen LogP contribution in [0, 0.1) is 22.7 Å². The molecule has 3 atom stereocenters. The molecule has 0 heterocycles. The van der Waals surface area contributed by atoms with Gasteiger partial charge in [-0.2, -0.15) is 0 Å². The highest BCUT2D eigenvalue weighted by molar-refractivity contribution is 5.15. The van der Waals surface area contributed by atoms with Crippen molar-refractivity contribution >= 4 is 0 Å². The van der Waals surface area contributed by atoms with E-state index in [2.05, 4.69) is 27.4 Å². The van der Waals surface area contributed by atoms with Crippen LogP contribution in [0.15, 0.2) is 12.2 Å². The Labute approximate surface area is 113 Å². The highest BCUT2D eigenvalue weighted by Crippen LogP contribution is 2.61. The molecule has 1 heteroatoms. The van der Waals surface area contributed by atoms with Crippen LogP contribution in [-0.2, 0) is 0 Å². The van der Waals surface area contributed by atoms with Crippen LogP contribution in [0.3, 0.4) is 0 Å². The quantitative estimate of drug-likeness (QED) is 0.728. The second kappa shape index (κ2) is 5.00. The molecule has 1 N–H and O–H groups in total. The van der Waals surface area contributed by atoms with Crippen molar-refractivity contribution in [3.8, 4) is 0 Å². The lowest BCUT2D eigenvalue weighted by molar-refractivity contribution is -0.0551. The van der Waals surface area contributed by atoms with Crippen molar-refractivity contribution in [3.63, 3.8) is 0 Å². The maximum atomic E-state index is 9.14. The van der Waals surface area contributed by atoms with E-state index in [1.807, 2.05) is 0 Å².